The second-order valence-electron chi connectivity index (χ2n) is 5.43. The zero-order valence-corrected chi connectivity index (χ0v) is 14.9. The summed E-state index contributed by atoms with van der Waals surface area (Å²) in [5, 5.41) is 13.4. The summed E-state index contributed by atoms with van der Waals surface area (Å²) >= 11 is 5.89. The summed E-state index contributed by atoms with van der Waals surface area (Å²) in [6.07, 6.45) is 3.50. The molecule has 2 heterocycles. The van der Waals surface area contributed by atoms with Crippen LogP contribution in [0.4, 0.5) is 16.3 Å². The van der Waals surface area contributed by atoms with E-state index in [1.165, 1.54) is 0 Å². The molecule has 3 N–H and O–H groups in total. The van der Waals surface area contributed by atoms with E-state index < -0.39 is 0 Å². The largest absolute Gasteiger partial charge is 0.368 e. The van der Waals surface area contributed by atoms with Crippen LogP contribution < -0.4 is 16.0 Å². The Balaban J connectivity index is 1.48. The summed E-state index contributed by atoms with van der Waals surface area (Å²) in [4.78, 5) is 20.5. The summed E-state index contributed by atoms with van der Waals surface area (Å²) in [7, 11) is 0. The van der Waals surface area contributed by atoms with Gasteiger partial charge in [0.05, 0.1) is 0 Å². The molecule has 3 rings (SSSR count). The minimum absolute atomic E-state index is 0.301. The lowest BCUT2D eigenvalue weighted by molar-refractivity contribution is 0.252. The molecule has 1 aromatic carbocycles. The molecule has 0 fully saturated rings. The highest BCUT2D eigenvalue weighted by molar-refractivity contribution is 6.30. The van der Waals surface area contributed by atoms with Crippen molar-refractivity contribution in [3.63, 3.8) is 0 Å². The molecule has 0 atom stereocenters. The van der Waals surface area contributed by atoms with Crippen LogP contribution >= 0.6 is 11.6 Å². The van der Waals surface area contributed by atoms with E-state index in [1.807, 2.05) is 19.2 Å². The first-order valence-corrected chi connectivity index (χ1v) is 8.38. The Bertz CT molecular complexity index is 883. The fourth-order valence-corrected chi connectivity index (χ4v) is 2.46. The summed E-state index contributed by atoms with van der Waals surface area (Å²) in [6.45, 7) is 2.75. The number of aryl methyl sites for hydroxylation is 1. The maximum Gasteiger partial charge on any atom is 0.319 e. The van der Waals surface area contributed by atoms with E-state index in [-0.39, 0.29) is 6.03 Å². The topological polar surface area (TPSA) is 96.8 Å². The van der Waals surface area contributed by atoms with Crippen molar-refractivity contribution >= 4 is 29.1 Å². The number of benzene rings is 1. The van der Waals surface area contributed by atoms with Crippen LogP contribution in [0.25, 0.3) is 5.82 Å². The van der Waals surface area contributed by atoms with Crippen LogP contribution in [0.15, 0.2) is 48.8 Å². The van der Waals surface area contributed by atoms with Gasteiger partial charge in [0.15, 0.2) is 5.82 Å². The van der Waals surface area contributed by atoms with Crippen molar-refractivity contribution in [2.24, 2.45) is 0 Å². The lowest BCUT2D eigenvalue weighted by Gasteiger charge is -2.10. The first kappa shape index (κ1) is 17.7. The zero-order chi connectivity index (χ0) is 18.4. The fourth-order valence-electron chi connectivity index (χ4n) is 2.27. The van der Waals surface area contributed by atoms with Crippen LogP contribution in [-0.2, 0) is 0 Å². The predicted octanol–water partition coefficient (Wildman–Crippen LogP) is 2.86. The molecule has 2 aromatic heterocycles. The van der Waals surface area contributed by atoms with Crippen molar-refractivity contribution in [1.29, 1.82) is 0 Å². The molecule has 134 valence electrons. The third-order valence-corrected chi connectivity index (χ3v) is 3.60. The summed E-state index contributed by atoms with van der Waals surface area (Å²) in [6, 6.07) is 10.3. The molecule has 9 heteroatoms. The zero-order valence-electron chi connectivity index (χ0n) is 14.1. The molecule has 0 saturated carbocycles. The van der Waals surface area contributed by atoms with E-state index in [2.05, 4.69) is 31.0 Å². The monoisotopic (exact) mass is 371 g/mol. The predicted molar refractivity (Wildman–Crippen MR) is 101 cm³/mol. The number of hydrogen-bond donors (Lipinski definition) is 3. The Morgan fingerprint density at radius 3 is 2.85 bits per heavy atom. The average Bonchev–Trinajstić information content (AvgIpc) is 3.13. The molecular weight excluding hydrogens is 354 g/mol. The number of aromatic nitrogens is 4. The molecule has 0 aliphatic rings. The number of rotatable bonds is 6. The van der Waals surface area contributed by atoms with Gasteiger partial charge in [0.2, 0.25) is 0 Å². The van der Waals surface area contributed by atoms with Gasteiger partial charge in [-0.2, -0.15) is 5.10 Å². The summed E-state index contributed by atoms with van der Waals surface area (Å²) in [5.41, 5.74) is 0.637. The lowest BCUT2D eigenvalue weighted by Crippen LogP contribution is -2.32. The van der Waals surface area contributed by atoms with Crippen LogP contribution in [0.5, 0.6) is 0 Å². The van der Waals surface area contributed by atoms with E-state index >= 15 is 0 Å². The van der Waals surface area contributed by atoms with E-state index in [0.717, 1.165) is 0 Å². The number of nitrogens with zero attached hydrogens (tertiary/aromatic N) is 4. The molecule has 0 aliphatic heterocycles. The molecule has 0 saturated heterocycles. The molecule has 2 amide bonds. The average molecular weight is 372 g/mol. The SMILES string of the molecule is Cc1nc(NCCNC(=O)Nc2cccc(Cl)c2)cc(-n2cccn2)n1. The number of carbonyl (C=O) groups excluding carboxylic acids is 1. The van der Waals surface area contributed by atoms with Gasteiger partial charge in [-0.3, -0.25) is 0 Å². The molecule has 0 spiro atoms. The number of halogens is 1. The van der Waals surface area contributed by atoms with Crippen LogP contribution in [-0.4, -0.2) is 38.9 Å². The normalized spacial score (nSPS) is 10.4. The molecule has 0 unspecified atom stereocenters. The van der Waals surface area contributed by atoms with E-state index in [4.69, 9.17) is 11.6 Å². The Morgan fingerprint density at radius 1 is 1.19 bits per heavy atom. The van der Waals surface area contributed by atoms with Gasteiger partial charge in [-0.1, -0.05) is 17.7 Å². The van der Waals surface area contributed by atoms with E-state index in [1.54, 1.807) is 41.2 Å². The van der Waals surface area contributed by atoms with Gasteiger partial charge in [-0.15, -0.1) is 0 Å². The highest BCUT2D eigenvalue weighted by Crippen LogP contribution is 2.14. The van der Waals surface area contributed by atoms with E-state index in [0.29, 0.717) is 41.3 Å². The summed E-state index contributed by atoms with van der Waals surface area (Å²) < 4.78 is 1.66. The van der Waals surface area contributed by atoms with Gasteiger partial charge in [0.25, 0.3) is 0 Å². The van der Waals surface area contributed by atoms with Crippen molar-refractivity contribution in [2.45, 2.75) is 6.92 Å². The second kappa shape index (κ2) is 8.30. The first-order chi connectivity index (χ1) is 12.6. The fraction of sp³-hybridized carbons (Fsp3) is 0.176. The van der Waals surface area contributed by atoms with Gasteiger partial charge in [-0.05, 0) is 31.2 Å². The van der Waals surface area contributed by atoms with Gasteiger partial charge in [0, 0.05) is 42.3 Å². The number of amides is 2. The van der Waals surface area contributed by atoms with Crippen molar-refractivity contribution in [1.82, 2.24) is 25.1 Å². The number of nitrogens with one attached hydrogen (secondary N) is 3. The Morgan fingerprint density at radius 2 is 2.08 bits per heavy atom. The molecular formula is C17H18ClN7O. The lowest BCUT2D eigenvalue weighted by atomic mass is 10.3. The molecule has 3 aromatic rings. The first-order valence-electron chi connectivity index (χ1n) is 8.00. The number of urea groups is 1. The quantitative estimate of drug-likeness (QED) is 0.579. The molecule has 8 nitrogen and oxygen atoms in total. The standard InChI is InChI=1S/C17H18ClN7O/c1-12-22-15(11-16(23-12)25-9-3-6-21-25)19-7-8-20-17(26)24-14-5-2-4-13(18)10-14/h2-6,9-11H,7-8H2,1H3,(H,19,22,23)(H2,20,24,26). The second-order valence-corrected chi connectivity index (χ2v) is 5.86. The van der Waals surface area contributed by atoms with Gasteiger partial charge in [-0.25, -0.2) is 19.4 Å². The highest BCUT2D eigenvalue weighted by atomic mass is 35.5. The molecule has 26 heavy (non-hydrogen) atoms. The Labute approximate surface area is 155 Å². The third kappa shape index (κ3) is 4.93. The van der Waals surface area contributed by atoms with Crippen LogP contribution in [0.1, 0.15) is 5.82 Å². The number of anilines is 2. The van der Waals surface area contributed by atoms with Crippen LogP contribution in [0.3, 0.4) is 0 Å². The minimum atomic E-state index is -0.301. The molecule has 0 aliphatic carbocycles. The third-order valence-electron chi connectivity index (χ3n) is 3.36. The van der Waals surface area contributed by atoms with Crippen molar-refractivity contribution < 1.29 is 4.79 Å². The summed E-state index contributed by atoms with van der Waals surface area (Å²) in [5.74, 6) is 1.98. The smallest absolute Gasteiger partial charge is 0.319 e. The highest BCUT2D eigenvalue weighted by Gasteiger charge is 2.05. The maximum absolute atomic E-state index is 11.9. The number of hydrogen-bond acceptors (Lipinski definition) is 5. The van der Waals surface area contributed by atoms with Crippen molar-refractivity contribution in [2.75, 3.05) is 23.7 Å². The molecule has 0 radical (unpaired) electrons. The Hall–Kier alpha value is -3.13. The van der Waals surface area contributed by atoms with Crippen molar-refractivity contribution in [3.05, 3.63) is 59.6 Å². The Kier molecular flexibility index (Phi) is 5.65. The molecule has 0 bridgehead atoms. The van der Waals surface area contributed by atoms with Crippen LogP contribution in [0.2, 0.25) is 5.02 Å². The van der Waals surface area contributed by atoms with Crippen molar-refractivity contribution in [3.8, 4) is 5.82 Å². The van der Waals surface area contributed by atoms with Gasteiger partial charge >= 0.3 is 6.03 Å². The number of carbonyl (C=O) groups is 1. The maximum atomic E-state index is 11.9. The van der Waals surface area contributed by atoms with E-state index in [9.17, 15) is 4.79 Å². The van der Waals surface area contributed by atoms with Gasteiger partial charge < -0.3 is 16.0 Å². The van der Waals surface area contributed by atoms with Crippen LogP contribution in [0, 0.1) is 6.92 Å². The van der Waals surface area contributed by atoms with Gasteiger partial charge in [0.1, 0.15) is 11.6 Å². The minimum Gasteiger partial charge on any atom is -0.368 e.